The van der Waals surface area contributed by atoms with Gasteiger partial charge in [-0.05, 0) is 56.6 Å². The van der Waals surface area contributed by atoms with Gasteiger partial charge in [0, 0.05) is 6.04 Å². The van der Waals surface area contributed by atoms with Crippen LogP contribution in [0.3, 0.4) is 0 Å². The van der Waals surface area contributed by atoms with Gasteiger partial charge in [-0.25, -0.2) is 4.39 Å². The fourth-order valence-corrected chi connectivity index (χ4v) is 2.00. The minimum atomic E-state index is -0.161. The molecule has 0 spiro atoms. The summed E-state index contributed by atoms with van der Waals surface area (Å²) in [4.78, 5) is 0. The summed E-state index contributed by atoms with van der Waals surface area (Å²) in [6, 6.07) is 7.47. The molecule has 2 unspecified atom stereocenters. The van der Waals surface area contributed by atoms with Crippen LogP contribution in [0.25, 0.3) is 0 Å². The second-order valence-corrected chi connectivity index (χ2v) is 4.47. The molecule has 0 aromatic heterocycles. The Morgan fingerprint density at radius 1 is 1.31 bits per heavy atom. The molecular formula is C13H19FN2. The number of halogens is 1. The van der Waals surface area contributed by atoms with Crippen LogP contribution in [0.4, 0.5) is 4.39 Å². The summed E-state index contributed by atoms with van der Waals surface area (Å²) < 4.78 is 12.6. The molecule has 2 rings (SSSR count). The van der Waals surface area contributed by atoms with Gasteiger partial charge >= 0.3 is 0 Å². The van der Waals surface area contributed by atoms with Crippen molar-refractivity contribution in [2.75, 3.05) is 20.1 Å². The zero-order chi connectivity index (χ0) is 11.4. The van der Waals surface area contributed by atoms with Crippen LogP contribution in [0.5, 0.6) is 0 Å². The van der Waals surface area contributed by atoms with E-state index < -0.39 is 0 Å². The average molecular weight is 222 g/mol. The van der Waals surface area contributed by atoms with Gasteiger partial charge in [-0.3, -0.25) is 0 Å². The molecule has 1 aliphatic rings. The smallest absolute Gasteiger partial charge is 0.123 e. The van der Waals surface area contributed by atoms with E-state index in [0.29, 0.717) is 0 Å². The van der Waals surface area contributed by atoms with Crippen LogP contribution in [0.15, 0.2) is 24.3 Å². The van der Waals surface area contributed by atoms with E-state index in [4.69, 9.17) is 0 Å². The van der Waals surface area contributed by atoms with E-state index in [9.17, 15) is 4.39 Å². The molecule has 88 valence electrons. The Bertz CT molecular complexity index is 323. The molecule has 0 saturated heterocycles. The molecule has 1 aromatic carbocycles. The molecule has 2 nitrogen and oxygen atoms in total. The summed E-state index contributed by atoms with van der Waals surface area (Å²) in [7, 11) is 2.02. The lowest BCUT2D eigenvalue weighted by atomic mass is 10.1. The molecule has 16 heavy (non-hydrogen) atoms. The average Bonchev–Trinajstić information content (AvgIpc) is 3.05. The molecule has 3 heteroatoms. The second-order valence-electron chi connectivity index (χ2n) is 4.47. The van der Waals surface area contributed by atoms with Crippen LogP contribution in [-0.2, 0) is 6.42 Å². The second kappa shape index (κ2) is 5.41. The summed E-state index contributed by atoms with van der Waals surface area (Å²) >= 11 is 0. The van der Waals surface area contributed by atoms with Gasteiger partial charge in [0.25, 0.3) is 0 Å². The van der Waals surface area contributed by atoms with Crippen LogP contribution in [0.2, 0.25) is 0 Å². The Morgan fingerprint density at radius 2 is 2.06 bits per heavy atom. The van der Waals surface area contributed by atoms with Gasteiger partial charge in [0.05, 0.1) is 0 Å². The van der Waals surface area contributed by atoms with Crippen LogP contribution in [0.1, 0.15) is 12.0 Å². The third-order valence-corrected chi connectivity index (χ3v) is 3.20. The summed E-state index contributed by atoms with van der Waals surface area (Å²) in [6.45, 7) is 2.06. The first-order valence-electron chi connectivity index (χ1n) is 5.92. The Kier molecular flexibility index (Phi) is 3.91. The number of rotatable bonds is 6. The number of benzene rings is 1. The zero-order valence-electron chi connectivity index (χ0n) is 9.67. The third kappa shape index (κ3) is 3.29. The van der Waals surface area contributed by atoms with Crippen molar-refractivity contribution in [3.05, 3.63) is 35.6 Å². The van der Waals surface area contributed by atoms with E-state index in [1.807, 2.05) is 19.2 Å². The van der Waals surface area contributed by atoms with Gasteiger partial charge in [-0.2, -0.15) is 0 Å². The molecular weight excluding hydrogens is 203 g/mol. The molecule has 2 N–H and O–H groups in total. The van der Waals surface area contributed by atoms with Gasteiger partial charge in [0.15, 0.2) is 0 Å². The van der Waals surface area contributed by atoms with Crippen LogP contribution >= 0.6 is 0 Å². The Morgan fingerprint density at radius 3 is 2.69 bits per heavy atom. The maximum absolute atomic E-state index is 12.6. The molecule has 1 fully saturated rings. The summed E-state index contributed by atoms with van der Waals surface area (Å²) in [6.07, 6.45) is 2.26. The zero-order valence-corrected chi connectivity index (χ0v) is 9.67. The molecule has 0 amide bonds. The predicted octanol–water partition coefficient (Wildman–Crippen LogP) is 1.57. The van der Waals surface area contributed by atoms with E-state index in [2.05, 4.69) is 10.6 Å². The van der Waals surface area contributed by atoms with Crippen molar-refractivity contribution in [2.24, 2.45) is 5.92 Å². The van der Waals surface area contributed by atoms with Gasteiger partial charge < -0.3 is 10.6 Å². The van der Waals surface area contributed by atoms with Crippen molar-refractivity contribution in [1.82, 2.24) is 10.6 Å². The third-order valence-electron chi connectivity index (χ3n) is 3.20. The molecule has 1 saturated carbocycles. The van der Waals surface area contributed by atoms with Gasteiger partial charge in [-0.1, -0.05) is 12.1 Å². The first-order valence-corrected chi connectivity index (χ1v) is 5.92. The van der Waals surface area contributed by atoms with Crippen molar-refractivity contribution in [2.45, 2.75) is 18.9 Å². The largest absolute Gasteiger partial charge is 0.317 e. The van der Waals surface area contributed by atoms with E-state index in [1.54, 1.807) is 0 Å². The van der Waals surface area contributed by atoms with E-state index in [-0.39, 0.29) is 5.82 Å². The fourth-order valence-electron chi connectivity index (χ4n) is 2.00. The van der Waals surface area contributed by atoms with E-state index in [1.165, 1.54) is 24.1 Å². The lowest BCUT2D eigenvalue weighted by Crippen LogP contribution is -2.23. The minimum absolute atomic E-state index is 0.161. The van der Waals surface area contributed by atoms with Crippen LogP contribution in [0, 0.1) is 11.7 Å². The first kappa shape index (κ1) is 11.6. The molecule has 0 aliphatic heterocycles. The topological polar surface area (TPSA) is 24.1 Å². The van der Waals surface area contributed by atoms with Gasteiger partial charge in [-0.15, -0.1) is 0 Å². The monoisotopic (exact) mass is 222 g/mol. The summed E-state index contributed by atoms with van der Waals surface area (Å²) in [5.74, 6) is 0.643. The maximum Gasteiger partial charge on any atom is 0.123 e. The Labute approximate surface area is 96.2 Å². The molecule has 0 heterocycles. The molecule has 0 bridgehead atoms. The fraction of sp³-hybridized carbons (Fsp3) is 0.538. The van der Waals surface area contributed by atoms with Crippen molar-refractivity contribution < 1.29 is 4.39 Å². The molecule has 2 atom stereocenters. The lowest BCUT2D eigenvalue weighted by molar-refractivity contribution is 0.603. The summed E-state index contributed by atoms with van der Waals surface area (Å²) in [5, 5.41) is 6.71. The Balaban J connectivity index is 1.59. The standard InChI is InChI=1S/C13H19FN2/c1-15-13-8-11(13)9-16-7-6-10-2-4-12(14)5-3-10/h2-5,11,13,15-16H,6-9H2,1H3. The lowest BCUT2D eigenvalue weighted by Gasteiger charge is -2.04. The Hall–Kier alpha value is -0.930. The highest BCUT2D eigenvalue weighted by Gasteiger charge is 2.34. The van der Waals surface area contributed by atoms with Gasteiger partial charge in [0.2, 0.25) is 0 Å². The SMILES string of the molecule is CNC1CC1CNCCc1ccc(F)cc1. The molecule has 0 radical (unpaired) electrons. The minimum Gasteiger partial charge on any atom is -0.317 e. The van der Waals surface area contributed by atoms with E-state index in [0.717, 1.165) is 31.5 Å². The molecule has 1 aliphatic carbocycles. The highest BCUT2D eigenvalue weighted by molar-refractivity contribution is 5.16. The maximum atomic E-state index is 12.6. The van der Waals surface area contributed by atoms with Crippen molar-refractivity contribution in [1.29, 1.82) is 0 Å². The van der Waals surface area contributed by atoms with Gasteiger partial charge in [0.1, 0.15) is 5.82 Å². The van der Waals surface area contributed by atoms with Crippen molar-refractivity contribution in [3.8, 4) is 0 Å². The number of hydrogen-bond acceptors (Lipinski definition) is 2. The highest BCUT2D eigenvalue weighted by atomic mass is 19.1. The summed E-state index contributed by atoms with van der Waals surface area (Å²) in [5.41, 5.74) is 1.19. The predicted molar refractivity (Wildman–Crippen MR) is 63.9 cm³/mol. The highest BCUT2D eigenvalue weighted by Crippen LogP contribution is 2.28. The van der Waals surface area contributed by atoms with Crippen molar-refractivity contribution >= 4 is 0 Å². The van der Waals surface area contributed by atoms with Crippen molar-refractivity contribution in [3.63, 3.8) is 0 Å². The normalized spacial score (nSPS) is 23.4. The number of hydrogen-bond donors (Lipinski definition) is 2. The number of nitrogens with one attached hydrogen (secondary N) is 2. The first-order chi connectivity index (χ1) is 7.79. The quantitative estimate of drug-likeness (QED) is 0.714. The van der Waals surface area contributed by atoms with Crippen LogP contribution < -0.4 is 10.6 Å². The van der Waals surface area contributed by atoms with Crippen LogP contribution in [-0.4, -0.2) is 26.2 Å². The molecule has 1 aromatic rings. The van der Waals surface area contributed by atoms with E-state index >= 15 is 0 Å².